The monoisotopic (exact) mass is 366 g/mol. The van der Waals surface area contributed by atoms with Crippen molar-refractivity contribution in [2.45, 2.75) is 20.8 Å². The SMILES string of the molecule is COc1ccccc1N=C(Nc1ccc(C)c(C)c1)n1sc(C)cc1=N. The van der Waals surface area contributed by atoms with E-state index in [1.807, 2.05) is 43.3 Å². The minimum Gasteiger partial charge on any atom is -0.494 e. The highest BCUT2D eigenvalue weighted by Crippen LogP contribution is 2.27. The van der Waals surface area contributed by atoms with Gasteiger partial charge in [-0.25, -0.2) is 8.95 Å². The van der Waals surface area contributed by atoms with E-state index in [-0.39, 0.29) is 0 Å². The van der Waals surface area contributed by atoms with Crippen LogP contribution in [0.1, 0.15) is 16.0 Å². The van der Waals surface area contributed by atoms with Crippen molar-refractivity contribution in [1.82, 2.24) is 3.96 Å². The first-order valence-corrected chi connectivity index (χ1v) is 9.06. The average molecular weight is 366 g/mol. The van der Waals surface area contributed by atoms with Gasteiger partial charge >= 0.3 is 0 Å². The number of aliphatic imine (C=N–C) groups is 1. The lowest BCUT2D eigenvalue weighted by Gasteiger charge is -2.13. The molecule has 0 aliphatic heterocycles. The zero-order chi connectivity index (χ0) is 18.7. The van der Waals surface area contributed by atoms with Crippen molar-refractivity contribution < 1.29 is 4.74 Å². The number of aryl methyl sites for hydroxylation is 3. The summed E-state index contributed by atoms with van der Waals surface area (Å²) in [5, 5.41) is 11.6. The van der Waals surface area contributed by atoms with Crippen LogP contribution in [0.25, 0.3) is 0 Å². The summed E-state index contributed by atoms with van der Waals surface area (Å²) in [5.74, 6) is 1.26. The van der Waals surface area contributed by atoms with E-state index in [4.69, 9.17) is 15.1 Å². The lowest BCUT2D eigenvalue weighted by Crippen LogP contribution is -2.28. The Labute approximate surface area is 157 Å². The molecule has 3 rings (SSSR count). The molecule has 3 aromatic rings. The molecule has 0 spiro atoms. The predicted octanol–water partition coefficient (Wildman–Crippen LogP) is 4.61. The third kappa shape index (κ3) is 3.86. The van der Waals surface area contributed by atoms with E-state index in [0.29, 0.717) is 22.9 Å². The number of aromatic nitrogens is 1. The van der Waals surface area contributed by atoms with Crippen molar-refractivity contribution in [2.24, 2.45) is 4.99 Å². The molecule has 5 nitrogen and oxygen atoms in total. The molecular formula is C20H22N4OS. The fourth-order valence-electron chi connectivity index (χ4n) is 2.54. The molecule has 0 bridgehead atoms. The molecule has 26 heavy (non-hydrogen) atoms. The number of ether oxygens (including phenoxy) is 1. The van der Waals surface area contributed by atoms with E-state index in [1.54, 1.807) is 11.1 Å². The summed E-state index contributed by atoms with van der Waals surface area (Å²) in [6.07, 6.45) is 0. The summed E-state index contributed by atoms with van der Waals surface area (Å²) in [5.41, 5.74) is 4.46. The molecule has 0 radical (unpaired) electrons. The Morgan fingerprint density at radius 3 is 2.50 bits per heavy atom. The average Bonchev–Trinajstić information content (AvgIpc) is 2.96. The van der Waals surface area contributed by atoms with Crippen LogP contribution >= 0.6 is 11.5 Å². The third-order valence-corrected chi connectivity index (χ3v) is 5.02. The molecule has 2 N–H and O–H groups in total. The summed E-state index contributed by atoms with van der Waals surface area (Å²) in [6.45, 7) is 6.15. The van der Waals surface area contributed by atoms with Crippen LogP contribution in [0.5, 0.6) is 5.75 Å². The Balaban J connectivity index is 2.10. The second kappa shape index (κ2) is 7.58. The summed E-state index contributed by atoms with van der Waals surface area (Å²) < 4.78 is 7.19. The highest BCUT2D eigenvalue weighted by atomic mass is 32.1. The van der Waals surface area contributed by atoms with Crippen LogP contribution in [0, 0.1) is 26.2 Å². The molecule has 0 atom stereocenters. The van der Waals surface area contributed by atoms with E-state index in [2.05, 4.69) is 31.3 Å². The lowest BCUT2D eigenvalue weighted by molar-refractivity contribution is 0.416. The van der Waals surface area contributed by atoms with Gasteiger partial charge in [0.25, 0.3) is 0 Å². The van der Waals surface area contributed by atoms with E-state index in [1.165, 1.54) is 22.7 Å². The van der Waals surface area contributed by atoms with Gasteiger partial charge in [0.1, 0.15) is 16.9 Å². The van der Waals surface area contributed by atoms with Crippen LogP contribution in [0.3, 0.4) is 0 Å². The van der Waals surface area contributed by atoms with Gasteiger partial charge in [-0.2, -0.15) is 0 Å². The molecule has 1 aromatic heterocycles. The molecule has 0 saturated carbocycles. The minimum atomic E-state index is 0.387. The van der Waals surface area contributed by atoms with Crippen LogP contribution in [0.2, 0.25) is 0 Å². The van der Waals surface area contributed by atoms with Crippen molar-refractivity contribution in [1.29, 1.82) is 5.41 Å². The molecule has 0 saturated heterocycles. The molecule has 0 unspecified atom stereocenters. The number of nitrogens with one attached hydrogen (secondary N) is 2. The maximum atomic E-state index is 8.25. The Morgan fingerprint density at radius 1 is 1.08 bits per heavy atom. The van der Waals surface area contributed by atoms with Gasteiger partial charge < -0.3 is 10.1 Å². The van der Waals surface area contributed by atoms with Crippen molar-refractivity contribution in [3.8, 4) is 5.75 Å². The van der Waals surface area contributed by atoms with E-state index in [0.717, 1.165) is 10.6 Å². The molecule has 0 aliphatic carbocycles. The summed E-state index contributed by atoms with van der Waals surface area (Å²) >= 11 is 1.48. The zero-order valence-corrected chi connectivity index (χ0v) is 16.1. The van der Waals surface area contributed by atoms with Gasteiger partial charge in [-0.1, -0.05) is 29.7 Å². The first-order valence-electron chi connectivity index (χ1n) is 8.29. The normalized spacial score (nSPS) is 11.5. The molecule has 1 heterocycles. The number of hydrogen-bond acceptors (Lipinski definition) is 4. The van der Waals surface area contributed by atoms with Crippen molar-refractivity contribution in [3.63, 3.8) is 0 Å². The molecule has 2 aromatic carbocycles. The number of hydrogen-bond donors (Lipinski definition) is 2. The second-order valence-corrected chi connectivity index (χ2v) is 7.25. The fraction of sp³-hybridized carbons (Fsp3) is 0.200. The Morgan fingerprint density at radius 2 is 1.85 bits per heavy atom. The number of para-hydroxylation sites is 2. The van der Waals surface area contributed by atoms with Crippen molar-refractivity contribution in [3.05, 3.63) is 70.0 Å². The smallest absolute Gasteiger partial charge is 0.223 e. The van der Waals surface area contributed by atoms with Gasteiger partial charge in [0.15, 0.2) is 0 Å². The number of methoxy groups -OCH3 is 1. The Bertz CT molecular complexity index is 1020. The minimum absolute atomic E-state index is 0.387. The summed E-state index contributed by atoms with van der Waals surface area (Å²) in [4.78, 5) is 5.80. The molecule has 0 aliphatic rings. The van der Waals surface area contributed by atoms with Crippen LogP contribution in [0.4, 0.5) is 11.4 Å². The largest absolute Gasteiger partial charge is 0.494 e. The van der Waals surface area contributed by atoms with E-state index >= 15 is 0 Å². The Kier molecular flexibility index (Phi) is 5.23. The van der Waals surface area contributed by atoms with Gasteiger partial charge in [-0.3, -0.25) is 5.41 Å². The van der Waals surface area contributed by atoms with Gasteiger partial charge in [0, 0.05) is 10.6 Å². The van der Waals surface area contributed by atoms with Gasteiger partial charge in [0.2, 0.25) is 5.96 Å². The maximum Gasteiger partial charge on any atom is 0.223 e. The van der Waals surface area contributed by atoms with Crippen molar-refractivity contribution in [2.75, 3.05) is 12.4 Å². The number of nitrogens with zero attached hydrogens (tertiary/aromatic N) is 2. The highest BCUT2D eigenvalue weighted by molar-refractivity contribution is 7.07. The maximum absolute atomic E-state index is 8.25. The number of anilines is 1. The molecule has 0 amide bonds. The summed E-state index contributed by atoms with van der Waals surface area (Å²) in [6, 6.07) is 15.6. The van der Waals surface area contributed by atoms with Crippen LogP contribution in [-0.2, 0) is 0 Å². The Hall–Kier alpha value is -2.86. The van der Waals surface area contributed by atoms with Gasteiger partial charge in [0.05, 0.1) is 7.11 Å². The van der Waals surface area contributed by atoms with Gasteiger partial charge in [-0.15, -0.1) is 0 Å². The van der Waals surface area contributed by atoms with Gasteiger partial charge in [-0.05, 0) is 62.2 Å². The van der Waals surface area contributed by atoms with Crippen LogP contribution in [0.15, 0.2) is 53.5 Å². The van der Waals surface area contributed by atoms with E-state index < -0.39 is 0 Å². The lowest BCUT2D eigenvalue weighted by atomic mass is 10.1. The molecule has 0 fully saturated rings. The predicted molar refractivity (Wildman–Crippen MR) is 108 cm³/mol. The van der Waals surface area contributed by atoms with Crippen LogP contribution in [-0.4, -0.2) is 17.0 Å². The molecule has 134 valence electrons. The number of benzene rings is 2. The highest BCUT2D eigenvalue weighted by Gasteiger charge is 2.10. The van der Waals surface area contributed by atoms with E-state index in [9.17, 15) is 0 Å². The fourth-order valence-corrected chi connectivity index (χ4v) is 3.31. The topological polar surface area (TPSA) is 62.4 Å². The second-order valence-electron chi connectivity index (χ2n) is 6.06. The molecular weight excluding hydrogens is 344 g/mol. The summed E-state index contributed by atoms with van der Waals surface area (Å²) in [7, 11) is 1.63. The molecule has 6 heteroatoms. The number of rotatable bonds is 3. The first kappa shape index (κ1) is 17.9. The first-order chi connectivity index (χ1) is 12.5. The van der Waals surface area contributed by atoms with Crippen molar-refractivity contribution >= 4 is 28.9 Å². The zero-order valence-electron chi connectivity index (χ0n) is 15.3. The third-order valence-electron chi connectivity index (χ3n) is 4.06. The quantitative estimate of drug-likeness (QED) is 0.525. The van der Waals surface area contributed by atoms with Crippen LogP contribution < -0.4 is 15.5 Å². The standard InChI is InChI=1S/C20H22N4OS/c1-13-9-10-16(11-14(13)2)22-20(24-19(21)12-15(3)26-24)23-17-7-5-6-8-18(17)25-4/h5-12,21H,1-4H3,(H,22,23).